The van der Waals surface area contributed by atoms with Crippen LogP contribution in [0.25, 0.3) is 17.0 Å². The summed E-state index contributed by atoms with van der Waals surface area (Å²) in [6.07, 6.45) is 3.18. The SMILES string of the molecule is COc1cc(/C=C/C(=O)c2ccccc2)ccc1OC(=O)c1c(C)oc2ccc(OCc3ccccc3)cc12. The molecule has 5 rings (SSSR count). The van der Waals surface area contributed by atoms with Gasteiger partial charge in [0.25, 0.3) is 0 Å². The van der Waals surface area contributed by atoms with Gasteiger partial charge in [0.1, 0.15) is 29.3 Å². The zero-order chi connectivity index (χ0) is 27.2. The monoisotopic (exact) mass is 518 g/mol. The summed E-state index contributed by atoms with van der Waals surface area (Å²) in [4.78, 5) is 25.7. The Hall–Kier alpha value is -5.10. The zero-order valence-corrected chi connectivity index (χ0v) is 21.5. The molecule has 0 aliphatic carbocycles. The fourth-order valence-electron chi connectivity index (χ4n) is 4.18. The summed E-state index contributed by atoms with van der Waals surface area (Å²) < 4.78 is 22.9. The van der Waals surface area contributed by atoms with Crippen molar-refractivity contribution < 1.29 is 28.2 Å². The lowest BCUT2D eigenvalue weighted by molar-refractivity contribution is 0.0729. The van der Waals surface area contributed by atoms with Gasteiger partial charge in [-0.1, -0.05) is 72.8 Å². The van der Waals surface area contributed by atoms with Crippen molar-refractivity contribution in [1.29, 1.82) is 0 Å². The molecule has 0 spiro atoms. The van der Waals surface area contributed by atoms with E-state index >= 15 is 0 Å². The number of furan rings is 1. The minimum atomic E-state index is -0.577. The van der Waals surface area contributed by atoms with E-state index in [0.717, 1.165) is 11.1 Å². The third-order valence-corrected chi connectivity index (χ3v) is 6.16. The number of fused-ring (bicyclic) bond motifs is 1. The highest BCUT2D eigenvalue weighted by Crippen LogP contribution is 2.33. The number of rotatable bonds is 9. The molecule has 0 aliphatic rings. The van der Waals surface area contributed by atoms with Crippen molar-refractivity contribution in [3.05, 3.63) is 131 Å². The van der Waals surface area contributed by atoms with Crippen LogP contribution in [0.15, 0.2) is 108 Å². The third kappa shape index (κ3) is 5.91. The van der Waals surface area contributed by atoms with Crippen LogP contribution in [0.2, 0.25) is 0 Å². The van der Waals surface area contributed by atoms with Gasteiger partial charge in [0, 0.05) is 10.9 Å². The van der Waals surface area contributed by atoms with E-state index in [0.29, 0.717) is 46.0 Å². The minimum absolute atomic E-state index is 0.112. The molecule has 0 radical (unpaired) electrons. The molecule has 0 fully saturated rings. The first-order chi connectivity index (χ1) is 19.0. The summed E-state index contributed by atoms with van der Waals surface area (Å²) in [7, 11) is 1.49. The molecular formula is C33H26O6. The van der Waals surface area contributed by atoms with E-state index in [1.54, 1.807) is 61.5 Å². The Morgan fingerprint density at radius 1 is 0.846 bits per heavy atom. The van der Waals surface area contributed by atoms with Crippen molar-refractivity contribution in [3.8, 4) is 17.2 Å². The summed E-state index contributed by atoms with van der Waals surface area (Å²) >= 11 is 0. The molecule has 39 heavy (non-hydrogen) atoms. The molecule has 4 aromatic carbocycles. The molecule has 1 heterocycles. The Labute approximate surface area is 226 Å². The number of methoxy groups -OCH3 is 1. The number of hydrogen-bond acceptors (Lipinski definition) is 6. The molecular weight excluding hydrogens is 492 g/mol. The van der Waals surface area contributed by atoms with Gasteiger partial charge < -0.3 is 18.6 Å². The van der Waals surface area contributed by atoms with Crippen LogP contribution in [0.5, 0.6) is 17.2 Å². The maximum absolute atomic E-state index is 13.3. The van der Waals surface area contributed by atoms with Gasteiger partial charge in [-0.2, -0.15) is 0 Å². The van der Waals surface area contributed by atoms with Gasteiger partial charge in [0.15, 0.2) is 17.3 Å². The molecule has 0 saturated carbocycles. The van der Waals surface area contributed by atoms with Gasteiger partial charge in [-0.25, -0.2) is 4.79 Å². The largest absolute Gasteiger partial charge is 0.493 e. The van der Waals surface area contributed by atoms with E-state index in [4.69, 9.17) is 18.6 Å². The summed E-state index contributed by atoms with van der Waals surface area (Å²) in [5, 5.41) is 0.598. The van der Waals surface area contributed by atoms with E-state index in [-0.39, 0.29) is 11.5 Å². The van der Waals surface area contributed by atoms with Crippen molar-refractivity contribution in [2.75, 3.05) is 7.11 Å². The topological polar surface area (TPSA) is 75.0 Å². The molecule has 0 atom stereocenters. The molecule has 0 unspecified atom stereocenters. The molecule has 0 N–H and O–H groups in total. The predicted octanol–water partition coefficient (Wildman–Crippen LogP) is 7.44. The van der Waals surface area contributed by atoms with Crippen molar-refractivity contribution in [1.82, 2.24) is 0 Å². The summed E-state index contributed by atoms with van der Waals surface area (Å²) in [5.41, 5.74) is 3.23. The normalized spacial score (nSPS) is 11.0. The second-order valence-corrected chi connectivity index (χ2v) is 8.83. The number of aryl methyl sites for hydroxylation is 1. The predicted molar refractivity (Wildman–Crippen MR) is 149 cm³/mol. The van der Waals surface area contributed by atoms with Crippen LogP contribution in [0.3, 0.4) is 0 Å². The Balaban J connectivity index is 1.34. The number of ketones is 1. The lowest BCUT2D eigenvalue weighted by atomic mass is 10.1. The number of carbonyl (C=O) groups is 2. The lowest BCUT2D eigenvalue weighted by Gasteiger charge is -2.10. The molecule has 0 amide bonds. The van der Waals surface area contributed by atoms with Crippen molar-refractivity contribution in [2.45, 2.75) is 13.5 Å². The Morgan fingerprint density at radius 3 is 2.33 bits per heavy atom. The molecule has 1 aromatic heterocycles. The first-order valence-corrected chi connectivity index (χ1v) is 12.4. The van der Waals surface area contributed by atoms with Crippen LogP contribution in [0.1, 0.15) is 37.6 Å². The molecule has 6 heteroatoms. The second-order valence-electron chi connectivity index (χ2n) is 8.83. The van der Waals surface area contributed by atoms with E-state index in [1.165, 1.54) is 13.2 Å². The van der Waals surface area contributed by atoms with Gasteiger partial charge in [-0.3, -0.25) is 4.79 Å². The maximum atomic E-state index is 13.3. The molecule has 5 aromatic rings. The number of esters is 1. The number of benzene rings is 4. The minimum Gasteiger partial charge on any atom is -0.493 e. The highest BCUT2D eigenvalue weighted by atomic mass is 16.6. The van der Waals surface area contributed by atoms with Crippen LogP contribution < -0.4 is 14.2 Å². The Morgan fingerprint density at radius 2 is 1.59 bits per heavy atom. The maximum Gasteiger partial charge on any atom is 0.347 e. The third-order valence-electron chi connectivity index (χ3n) is 6.16. The summed E-state index contributed by atoms with van der Waals surface area (Å²) in [6, 6.07) is 29.3. The molecule has 6 nitrogen and oxygen atoms in total. The van der Waals surface area contributed by atoms with Gasteiger partial charge in [0.2, 0.25) is 0 Å². The zero-order valence-electron chi connectivity index (χ0n) is 21.5. The van der Waals surface area contributed by atoms with Crippen molar-refractivity contribution in [3.63, 3.8) is 0 Å². The standard InChI is InChI=1S/C33H26O6/c1-22-32(27-20-26(15-18-29(27)38-22)37-21-24-9-5-3-6-10-24)33(35)39-30-17-14-23(19-31(30)36-2)13-16-28(34)25-11-7-4-8-12-25/h3-20H,21H2,1-2H3/b16-13+. The number of carbonyl (C=O) groups excluding carboxylic acids is 2. The quantitative estimate of drug-likeness (QED) is 0.0873. The van der Waals surface area contributed by atoms with Gasteiger partial charge in [-0.15, -0.1) is 0 Å². The molecule has 0 bridgehead atoms. The van der Waals surface area contributed by atoms with Crippen LogP contribution in [-0.2, 0) is 6.61 Å². The van der Waals surface area contributed by atoms with Crippen LogP contribution >= 0.6 is 0 Å². The molecule has 194 valence electrons. The smallest absolute Gasteiger partial charge is 0.347 e. The van der Waals surface area contributed by atoms with Crippen molar-refractivity contribution >= 4 is 28.8 Å². The number of hydrogen-bond donors (Lipinski definition) is 0. The van der Waals surface area contributed by atoms with Crippen LogP contribution in [0, 0.1) is 6.92 Å². The fourth-order valence-corrected chi connectivity index (χ4v) is 4.18. The van der Waals surface area contributed by atoms with E-state index in [2.05, 4.69) is 0 Å². The van der Waals surface area contributed by atoms with Gasteiger partial charge >= 0.3 is 5.97 Å². The lowest BCUT2D eigenvalue weighted by Crippen LogP contribution is -2.10. The van der Waals surface area contributed by atoms with E-state index in [1.807, 2.05) is 48.5 Å². The first-order valence-electron chi connectivity index (χ1n) is 12.4. The van der Waals surface area contributed by atoms with Gasteiger partial charge in [-0.05, 0) is 54.5 Å². The van der Waals surface area contributed by atoms with E-state index in [9.17, 15) is 9.59 Å². The van der Waals surface area contributed by atoms with Crippen LogP contribution in [0.4, 0.5) is 0 Å². The fraction of sp³-hybridized carbons (Fsp3) is 0.0909. The summed E-state index contributed by atoms with van der Waals surface area (Å²) in [5.74, 6) is 0.967. The van der Waals surface area contributed by atoms with Crippen LogP contribution in [-0.4, -0.2) is 18.9 Å². The molecule has 0 saturated heterocycles. The second kappa shape index (κ2) is 11.5. The van der Waals surface area contributed by atoms with Crippen molar-refractivity contribution in [2.24, 2.45) is 0 Å². The average molecular weight is 519 g/mol. The van der Waals surface area contributed by atoms with Gasteiger partial charge in [0.05, 0.1) is 7.11 Å². The first kappa shape index (κ1) is 25.5. The number of ether oxygens (including phenoxy) is 3. The Bertz CT molecular complexity index is 1650. The average Bonchev–Trinajstić information content (AvgIpc) is 3.31. The Kier molecular flexibility index (Phi) is 7.55. The molecule has 0 aliphatic heterocycles. The number of allylic oxidation sites excluding steroid dienone is 1. The highest BCUT2D eigenvalue weighted by Gasteiger charge is 2.22. The summed E-state index contributed by atoms with van der Waals surface area (Å²) in [6.45, 7) is 2.12. The highest BCUT2D eigenvalue weighted by molar-refractivity contribution is 6.07. The van der Waals surface area contributed by atoms with E-state index < -0.39 is 5.97 Å².